The van der Waals surface area contributed by atoms with Crippen LogP contribution in [0.4, 0.5) is 4.79 Å². The van der Waals surface area contributed by atoms with E-state index >= 15 is 0 Å². The number of aliphatic hydroxyl groups excluding tert-OH is 1. The molecule has 5 heteroatoms. The summed E-state index contributed by atoms with van der Waals surface area (Å²) in [5.74, 6) is 0.203. The summed E-state index contributed by atoms with van der Waals surface area (Å²) in [4.78, 5) is 13.8. The van der Waals surface area contributed by atoms with Gasteiger partial charge in [0.25, 0.3) is 0 Å². The lowest BCUT2D eigenvalue weighted by atomic mass is 9.89. The van der Waals surface area contributed by atoms with Gasteiger partial charge in [0.1, 0.15) is 11.4 Å². The summed E-state index contributed by atoms with van der Waals surface area (Å²) < 4.78 is 5.40. The van der Waals surface area contributed by atoms with Crippen molar-refractivity contribution in [3.8, 4) is 5.75 Å². The maximum absolute atomic E-state index is 12.2. The molecule has 0 bridgehead atoms. The summed E-state index contributed by atoms with van der Waals surface area (Å²) in [7, 11) is 0. The Balaban J connectivity index is 1.98. The molecular weight excluding hydrogens is 282 g/mol. The predicted octanol–water partition coefficient (Wildman–Crippen LogP) is 2.55. The number of carbonyl (C=O) groups excluding carboxylic acids is 1. The third-order valence-electron chi connectivity index (χ3n) is 3.78. The van der Waals surface area contributed by atoms with Crippen LogP contribution in [0.1, 0.15) is 32.8 Å². The second kappa shape index (κ2) is 6.57. The smallest absolute Gasteiger partial charge is 0.410 e. The average molecular weight is 307 g/mol. The van der Waals surface area contributed by atoms with Gasteiger partial charge in [0.05, 0.1) is 6.10 Å². The molecule has 0 aromatic heterocycles. The summed E-state index contributed by atoms with van der Waals surface area (Å²) in [5, 5.41) is 19.5. The lowest BCUT2D eigenvalue weighted by Crippen LogP contribution is -2.48. The van der Waals surface area contributed by atoms with Crippen molar-refractivity contribution >= 4 is 6.09 Å². The third-order valence-corrected chi connectivity index (χ3v) is 3.78. The molecule has 1 aliphatic rings. The fourth-order valence-electron chi connectivity index (χ4n) is 2.65. The summed E-state index contributed by atoms with van der Waals surface area (Å²) in [6.07, 6.45) is 0.477. The van der Waals surface area contributed by atoms with Gasteiger partial charge in [0.2, 0.25) is 0 Å². The van der Waals surface area contributed by atoms with Crippen molar-refractivity contribution in [3.63, 3.8) is 0 Å². The first-order valence-corrected chi connectivity index (χ1v) is 7.68. The van der Waals surface area contributed by atoms with E-state index in [1.54, 1.807) is 17.0 Å². The first kappa shape index (κ1) is 16.6. The highest BCUT2D eigenvalue weighted by atomic mass is 16.6. The number of ether oxygens (including phenoxy) is 1. The number of amides is 1. The van der Waals surface area contributed by atoms with Crippen molar-refractivity contribution in [1.29, 1.82) is 0 Å². The summed E-state index contributed by atoms with van der Waals surface area (Å²) >= 11 is 0. The molecule has 1 amide bonds. The molecule has 5 nitrogen and oxygen atoms in total. The highest BCUT2D eigenvalue weighted by Gasteiger charge is 2.32. The Morgan fingerprint density at radius 2 is 1.95 bits per heavy atom. The van der Waals surface area contributed by atoms with E-state index in [0.29, 0.717) is 25.9 Å². The fourth-order valence-corrected chi connectivity index (χ4v) is 2.65. The van der Waals surface area contributed by atoms with E-state index in [0.717, 1.165) is 5.56 Å². The van der Waals surface area contributed by atoms with E-state index in [1.165, 1.54) is 0 Å². The van der Waals surface area contributed by atoms with Crippen LogP contribution >= 0.6 is 0 Å². The Hall–Kier alpha value is -1.75. The van der Waals surface area contributed by atoms with Crippen LogP contribution in [0.2, 0.25) is 0 Å². The molecule has 1 aromatic rings. The Morgan fingerprint density at radius 3 is 2.55 bits per heavy atom. The van der Waals surface area contributed by atoms with Crippen LogP contribution in [0.3, 0.4) is 0 Å². The van der Waals surface area contributed by atoms with Gasteiger partial charge in [-0.1, -0.05) is 12.1 Å². The van der Waals surface area contributed by atoms with Gasteiger partial charge >= 0.3 is 6.09 Å². The van der Waals surface area contributed by atoms with Gasteiger partial charge in [-0.15, -0.1) is 0 Å². The molecule has 1 fully saturated rings. The minimum Gasteiger partial charge on any atom is -0.508 e. The number of hydrogen-bond acceptors (Lipinski definition) is 4. The quantitative estimate of drug-likeness (QED) is 0.881. The summed E-state index contributed by atoms with van der Waals surface area (Å²) in [6.45, 7) is 6.53. The number of aliphatic hydroxyl groups is 1. The second-order valence-corrected chi connectivity index (χ2v) is 6.91. The van der Waals surface area contributed by atoms with Crippen molar-refractivity contribution < 1.29 is 19.7 Å². The van der Waals surface area contributed by atoms with E-state index in [1.807, 2.05) is 32.9 Å². The highest BCUT2D eigenvalue weighted by Crippen LogP contribution is 2.24. The van der Waals surface area contributed by atoms with Gasteiger partial charge in [-0.05, 0) is 51.3 Å². The SMILES string of the molecule is CC(C)(C)OC(=O)N1CCC(O)C(Cc2ccc(O)cc2)C1. The number of piperidine rings is 1. The van der Waals surface area contributed by atoms with Crippen LogP contribution in [0.5, 0.6) is 5.75 Å². The van der Waals surface area contributed by atoms with Crippen molar-refractivity contribution in [2.75, 3.05) is 13.1 Å². The van der Waals surface area contributed by atoms with Gasteiger partial charge in [-0.2, -0.15) is 0 Å². The van der Waals surface area contributed by atoms with E-state index < -0.39 is 11.7 Å². The molecule has 2 unspecified atom stereocenters. The Labute approximate surface area is 131 Å². The third kappa shape index (κ3) is 4.63. The number of aromatic hydroxyl groups is 1. The number of phenols is 1. The first-order chi connectivity index (χ1) is 10.2. The van der Waals surface area contributed by atoms with Crippen molar-refractivity contribution in [2.24, 2.45) is 5.92 Å². The highest BCUT2D eigenvalue weighted by molar-refractivity contribution is 5.68. The molecule has 1 aliphatic heterocycles. The first-order valence-electron chi connectivity index (χ1n) is 7.68. The largest absolute Gasteiger partial charge is 0.508 e. The van der Waals surface area contributed by atoms with E-state index in [4.69, 9.17) is 4.74 Å². The maximum atomic E-state index is 12.2. The molecular formula is C17H25NO4. The number of nitrogens with zero attached hydrogens (tertiary/aromatic N) is 1. The van der Waals surface area contributed by atoms with Crippen molar-refractivity contribution in [1.82, 2.24) is 4.90 Å². The molecule has 122 valence electrons. The number of carbonyl (C=O) groups is 1. The molecule has 2 atom stereocenters. The predicted molar refractivity (Wildman–Crippen MR) is 83.7 cm³/mol. The van der Waals surface area contributed by atoms with Gasteiger partial charge in [0.15, 0.2) is 0 Å². The van der Waals surface area contributed by atoms with Crippen LogP contribution in [0.25, 0.3) is 0 Å². The monoisotopic (exact) mass is 307 g/mol. The normalized spacial score (nSPS) is 22.5. The number of rotatable bonds is 2. The molecule has 2 N–H and O–H groups in total. The topological polar surface area (TPSA) is 70.0 Å². The number of likely N-dealkylation sites (tertiary alicyclic amines) is 1. The molecule has 0 spiro atoms. The van der Waals surface area contributed by atoms with E-state index in [9.17, 15) is 15.0 Å². The summed E-state index contributed by atoms with van der Waals surface area (Å²) in [6, 6.07) is 6.95. The molecule has 0 radical (unpaired) electrons. The Kier molecular flexibility index (Phi) is 4.96. The van der Waals surface area contributed by atoms with Crippen LogP contribution in [0, 0.1) is 5.92 Å². The molecule has 0 saturated carbocycles. The van der Waals surface area contributed by atoms with Crippen LogP contribution in [-0.2, 0) is 11.2 Å². The van der Waals surface area contributed by atoms with Gasteiger partial charge in [0, 0.05) is 19.0 Å². The number of hydrogen-bond donors (Lipinski definition) is 2. The summed E-state index contributed by atoms with van der Waals surface area (Å²) in [5.41, 5.74) is 0.521. The van der Waals surface area contributed by atoms with Gasteiger partial charge in [-0.3, -0.25) is 0 Å². The zero-order valence-corrected chi connectivity index (χ0v) is 13.5. The van der Waals surface area contributed by atoms with Gasteiger partial charge in [-0.25, -0.2) is 4.79 Å². The molecule has 2 rings (SSSR count). The standard InChI is InChI=1S/C17H25NO4/c1-17(2,3)22-16(21)18-9-8-15(20)13(11-18)10-12-4-6-14(19)7-5-12/h4-7,13,15,19-20H,8-11H2,1-3H3. The molecule has 0 aliphatic carbocycles. The molecule has 1 saturated heterocycles. The Morgan fingerprint density at radius 1 is 1.32 bits per heavy atom. The minimum atomic E-state index is -0.514. The lowest BCUT2D eigenvalue weighted by Gasteiger charge is -2.37. The number of benzene rings is 1. The second-order valence-electron chi connectivity index (χ2n) is 6.91. The molecule has 22 heavy (non-hydrogen) atoms. The maximum Gasteiger partial charge on any atom is 0.410 e. The van der Waals surface area contributed by atoms with Crippen LogP contribution in [0.15, 0.2) is 24.3 Å². The zero-order chi connectivity index (χ0) is 16.3. The lowest BCUT2D eigenvalue weighted by molar-refractivity contribution is -0.00823. The fraction of sp³-hybridized carbons (Fsp3) is 0.588. The minimum absolute atomic E-state index is 0.0224. The average Bonchev–Trinajstić information content (AvgIpc) is 2.41. The van der Waals surface area contributed by atoms with E-state index in [-0.39, 0.29) is 17.8 Å². The zero-order valence-electron chi connectivity index (χ0n) is 13.5. The van der Waals surface area contributed by atoms with Crippen LogP contribution in [-0.4, -0.2) is 46.0 Å². The number of phenolic OH excluding ortho intramolecular Hbond substituents is 1. The van der Waals surface area contributed by atoms with Crippen molar-refractivity contribution in [3.05, 3.63) is 29.8 Å². The van der Waals surface area contributed by atoms with Gasteiger partial charge < -0.3 is 19.8 Å². The molecule has 1 aromatic carbocycles. The Bertz CT molecular complexity index is 506. The van der Waals surface area contributed by atoms with Crippen molar-refractivity contribution in [2.45, 2.75) is 45.3 Å². The van der Waals surface area contributed by atoms with E-state index in [2.05, 4.69) is 0 Å². The molecule has 1 heterocycles. The van der Waals surface area contributed by atoms with Crippen LogP contribution < -0.4 is 0 Å².